The number of halogens is 1. The highest BCUT2D eigenvalue weighted by molar-refractivity contribution is 7.19. The molecule has 0 radical (unpaired) electrons. The van der Waals surface area contributed by atoms with Gasteiger partial charge in [0.15, 0.2) is 0 Å². The van der Waals surface area contributed by atoms with Gasteiger partial charge in [-0.3, -0.25) is 10.2 Å². The number of nitrogens with one attached hydrogen (secondary N) is 2. The molecule has 4 rings (SSSR count). The lowest BCUT2D eigenvalue weighted by molar-refractivity contribution is 0.248. The molecule has 2 fully saturated rings. The van der Waals surface area contributed by atoms with Gasteiger partial charge in [-0.15, -0.1) is 10.2 Å². The van der Waals surface area contributed by atoms with Crippen molar-refractivity contribution >= 4 is 27.6 Å². The van der Waals surface area contributed by atoms with Crippen LogP contribution in [0.1, 0.15) is 31.2 Å². The SMILES string of the molecule is O=C(Nc1nnc(N2CCN(Cc3cccc(F)c3)CC2)s1)NC1CCCC1. The molecule has 1 saturated carbocycles. The Balaban J connectivity index is 1.25. The van der Waals surface area contributed by atoms with Crippen molar-refractivity contribution in [2.75, 3.05) is 36.4 Å². The van der Waals surface area contributed by atoms with E-state index in [-0.39, 0.29) is 17.9 Å². The molecule has 1 aliphatic carbocycles. The Morgan fingerprint density at radius 2 is 1.96 bits per heavy atom. The van der Waals surface area contributed by atoms with Crippen LogP contribution in [0.2, 0.25) is 0 Å². The van der Waals surface area contributed by atoms with Gasteiger partial charge in [0.2, 0.25) is 10.3 Å². The second kappa shape index (κ2) is 8.83. The maximum absolute atomic E-state index is 13.3. The Bertz CT molecular complexity index is 801. The molecule has 150 valence electrons. The van der Waals surface area contributed by atoms with Crippen molar-refractivity contribution in [2.24, 2.45) is 0 Å². The highest BCUT2D eigenvalue weighted by Crippen LogP contribution is 2.25. The van der Waals surface area contributed by atoms with Gasteiger partial charge in [-0.05, 0) is 30.5 Å². The van der Waals surface area contributed by atoms with Gasteiger partial charge in [-0.2, -0.15) is 0 Å². The average Bonchev–Trinajstić information content (AvgIpc) is 3.35. The third-order valence-electron chi connectivity index (χ3n) is 5.26. The van der Waals surface area contributed by atoms with Crippen molar-refractivity contribution in [1.29, 1.82) is 0 Å². The fourth-order valence-corrected chi connectivity index (χ4v) is 4.56. The van der Waals surface area contributed by atoms with Crippen LogP contribution in [0.4, 0.5) is 19.4 Å². The lowest BCUT2D eigenvalue weighted by Gasteiger charge is -2.34. The zero-order valence-corrected chi connectivity index (χ0v) is 16.6. The summed E-state index contributed by atoms with van der Waals surface area (Å²) in [5.41, 5.74) is 0.990. The van der Waals surface area contributed by atoms with Crippen molar-refractivity contribution in [3.05, 3.63) is 35.6 Å². The van der Waals surface area contributed by atoms with E-state index in [1.165, 1.54) is 30.2 Å². The summed E-state index contributed by atoms with van der Waals surface area (Å²) in [6, 6.07) is 6.84. The number of nitrogens with zero attached hydrogens (tertiary/aromatic N) is 4. The molecular formula is C19H25FN6OS. The average molecular weight is 405 g/mol. The Morgan fingerprint density at radius 3 is 2.71 bits per heavy atom. The Kier molecular flexibility index (Phi) is 6.01. The van der Waals surface area contributed by atoms with E-state index < -0.39 is 0 Å². The standard InChI is InChI=1S/C19H25FN6OS/c20-15-5-3-4-14(12-15)13-25-8-10-26(11-9-25)19-24-23-18(28-19)22-17(27)21-16-6-1-2-7-16/h3-5,12,16H,1-2,6-11,13H2,(H2,21,22,23,27). The molecule has 2 heterocycles. The molecule has 2 N–H and O–H groups in total. The first-order chi connectivity index (χ1) is 13.7. The van der Waals surface area contributed by atoms with Crippen molar-refractivity contribution in [3.8, 4) is 0 Å². The molecule has 7 nitrogen and oxygen atoms in total. The summed E-state index contributed by atoms with van der Waals surface area (Å²) in [5, 5.41) is 15.5. The van der Waals surface area contributed by atoms with Crippen LogP contribution in [0.3, 0.4) is 0 Å². The zero-order chi connectivity index (χ0) is 19.3. The molecule has 9 heteroatoms. The number of aromatic nitrogens is 2. The van der Waals surface area contributed by atoms with Crippen LogP contribution >= 0.6 is 11.3 Å². The van der Waals surface area contributed by atoms with E-state index in [1.54, 1.807) is 12.1 Å². The topological polar surface area (TPSA) is 73.4 Å². The Labute approximate surface area is 167 Å². The van der Waals surface area contributed by atoms with E-state index in [2.05, 4.69) is 30.6 Å². The lowest BCUT2D eigenvalue weighted by atomic mass is 10.2. The second-order valence-corrected chi connectivity index (χ2v) is 8.32. The number of carbonyl (C=O) groups excluding carboxylic acids is 1. The molecule has 2 aromatic rings. The van der Waals surface area contributed by atoms with E-state index in [0.29, 0.717) is 5.13 Å². The minimum absolute atomic E-state index is 0.193. The van der Waals surface area contributed by atoms with Crippen LogP contribution in [0.5, 0.6) is 0 Å². The number of carbonyl (C=O) groups is 1. The normalized spacial score (nSPS) is 18.4. The lowest BCUT2D eigenvalue weighted by Crippen LogP contribution is -2.45. The molecule has 2 aliphatic rings. The minimum atomic E-state index is -0.200. The molecule has 28 heavy (non-hydrogen) atoms. The van der Waals surface area contributed by atoms with Crippen LogP contribution < -0.4 is 15.5 Å². The predicted octanol–water partition coefficient (Wildman–Crippen LogP) is 3.06. The number of hydrogen-bond acceptors (Lipinski definition) is 6. The number of urea groups is 1. The number of hydrogen-bond donors (Lipinski definition) is 2. The van der Waals surface area contributed by atoms with Crippen LogP contribution in [0.15, 0.2) is 24.3 Å². The molecule has 0 spiro atoms. The number of piperazine rings is 1. The molecule has 1 aromatic carbocycles. The van der Waals surface area contributed by atoms with Crippen LogP contribution in [0, 0.1) is 5.82 Å². The second-order valence-electron chi connectivity index (χ2n) is 7.36. The smallest absolute Gasteiger partial charge is 0.321 e. The third-order valence-corrected chi connectivity index (χ3v) is 6.16. The molecule has 1 aliphatic heterocycles. The predicted molar refractivity (Wildman–Crippen MR) is 108 cm³/mol. The number of anilines is 2. The summed E-state index contributed by atoms with van der Waals surface area (Å²) in [6.07, 6.45) is 4.46. The first kappa shape index (κ1) is 19.1. The Morgan fingerprint density at radius 1 is 1.18 bits per heavy atom. The van der Waals surface area contributed by atoms with Gasteiger partial charge in [0, 0.05) is 38.8 Å². The van der Waals surface area contributed by atoms with Gasteiger partial charge < -0.3 is 10.2 Å². The summed E-state index contributed by atoms with van der Waals surface area (Å²) in [7, 11) is 0. The largest absolute Gasteiger partial charge is 0.344 e. The number of rotatable bonds is 5. The first-order valence-corrected chi connectivity index (χ1v) is 10.6. The van der Waals surface area contributed by atoms with E-state index in [9.17, 15) is 9.18 Å². The monoisotopic (exact) mass is 404 g/mol. The minimum Gasteiger partial charge on any atom is -0.344 e. The van der Waals surface area contributed by atoms with Crippen LogP contribution in [0.25, 0.3) is 0 Å². The molecule has 1 saturated heterocycles. The van der Waals surface area contributed by atoms with Gasteiger partial charge in [-0.25, -0.2) is 9.18 Å². The summed E-state index contributed by atoms with van der Waals surface area (Å²) in [6.45, 7) is 4.16. The third kappa shape index (κ3) is 4.96. The van der Waals surface area contributed by atoms with E-state index in [1.807, 2.05) is 6.07 Å². The molecular weight excluding hydrogens is 379 g/mol. The number of amides is 2. The summed E-state index contributed by atoms with van der Waals surface area (Å²) < 4.78 is 13.3. The van der Waals surface area contributed by atoms with E-state index in [0.717, 1.165) is 56.3 Å². The van der Waals surface area contributed by atoms with E-state index >= 15 is 0 Å². The zero-order valence-electron chi connectivity index (χ0n) is 15.7. The maximum Gasteiger partial charge on any atom is 0.321 e. The number of benzene rings is 1. The van der Waals surface area contributed by atoms with Gasteiger partial charge in [0.25, 0.3) is 0 Å². The van der Waals surface area contributed by atoms with Gasteiger partial charge >= 0.3 is 6.03 Å². The van der Waals surface area contributed by atoms with Gasteiger partial charge in [0.05, 0.1) is 0 Å². The van der Waals surface area contributed by atoms with Gasteiger partial charge in [-0.1, -0.05) is 36.3 Å². The van der Waals surface area contributed by atoms with Crippen LogP contribution in [-0.2, 0) is 6.54 Å². The van der Waals surface area contributed by atoms with E-state index in [4.69, 9.17) is 0 Å². The molecule has 2 amide bonds. The quantitative estimate of drug-likeness (QED) is 0.801. The molecule has 0 unspecified atom stereocenters. The molecule has 0 atom stereocenters. The summed E-state index contributed by atoms with van der Waals surface area (Å²) in [5.74, 6) is -0.193. The highest BCUT2D eigenvalue weighted by atomic mass is 32.1. The van der Waals surface area contributed by atoms with Crippen molar-refractivity contribution in [1.82, 2.24) is 20.4 Å². The molecule has 0 bridgehead atoms. The van der Waals surface area contributed by atoms with Crippen molar-refractivity contribution in [3.63, 3.8) is 0 Å². The summed E-state index contributed by atoms with van der Waals surface area (Å²) >= 11 is 1.40. The Hall–Kier alpha value is -2.26. The van der Waals surface area contributed by atoms with Crippen LogP contribution in [-0.4, -0.2) is 53.3 Å². The fraction of sp³-hybridized carbons (Fsp3) is 0.526. The first-order valence-electron chi connectivity index (χ1n) is 9.78. The highest BCUT2D eigenvalue weighted by Gasteiger charge is 2.22. The van der Waals surface area contributed by atoms with Crippen molar-refractivity contribution in [2.45, 2.75) is 38.3 Å². The van der Waals surface area contributed by atoms with Crippen molar-refractivity contribution < 1.29 is 9.18 Å². The summed E-state index contributed by atoms with van der Waals surface area (Å²) in [4.78, 5) is 16.6. The fourth-order valence-electron chi connectivity index (χ4n) is 3.77. The maximum atomic E-state index is 13.3. The molecule has 1 aromatic heterocycles. The van der Waals surface area contributed by atoms with Gasteiger partial charge in [0.1, 0.15) is 5.82 Å².